The van der Waals surface area contributed by atoms with Gasteiger partial charge >= 0.3 is 0 Å². The van der Waals surface area contributed by atoms with Crippen molar-refractivity contribution in [1.29, 1.82) is 0 Å². The van der Waals surface area contributed by atoms with E-state index < -0.39 is 0 Å². The van der Waals surface area contributed by atoms with Gasteiger partial charge in [0.2, 0.25) is 17.7 Å². The van der Waals surface area contributed by atoms with Gasteiger partial charge in [0.15, 0.2) is 0 Å². The molecule has 0 unspecified atom stereocenters. The van der Waals surface area contributed by atoms with Crippen LogP contribution in [0.5, 0.6) is 5.75 Å². The number of ether oxygens (including phenoxy) is 1. The molecule has 0 aliphatic carbocycles. The third-order valence-electron chi connectivity index (χ3n) is 5.56. The second-order valence-electron chi connectivity index (χ2n) is 7.40. The Morgan fingerprint density at radius 3 is 2.11 bits per heavy atom. The first-order valence-electron chi connectivity index (χ1n) is 10.0. The van der Waals surface area contributed by atoms with Crippen LogP contribution in [0.3, 0.4) is 0 Å². The van der Waals surface area contributed by atoms with E-state index in [4.69, 9.17) is 4.74 Å². The van der Waals surface area contributed by atoms with Crippen LogP contribution in [0.2, 0.25) is 0 Å². The SMILES string of the molecule is CC(=O)N1CCN(C(=O)C2CCN(C(=O)CCOc3ccccc3)CC2)CC1. The molecular formula is C21H29N3O4. The molecule has 7 heteroatoms. The molecule has 2 heterocycles. The van der Waals surface area contributed by atoms with Crippen LogP contribution in [0.15, 0.2) is 30.3 Å². The van der Waals surface area contributed by atoms with Crippen molar-refractivity contribution < 1.29 is 19.1 Å². The van der Waals surface area contributed by atoms with E-state index in [0.717, 1.165) is 5.75 Å². The minimum absolute atomic E-state index is 0.0199. The maximum atomic E-state index is 12.7. The molecule has 3 rings (SSSR count). The number of carbonyl (C=O) groups excluding carboxylic acids is 3. The number of hydrogen-bond acceptors (Lipinski definition) is 4. The van der Waals surface area contributed by atoms with Crippen molar-refractivity contribution >= 4 is 17.7 Å². The highest BCUT2D eigenvalue weighted by Crippen LogP contribution is 2.21. The molecule has 28 heavy (non-hydrogen) atoms. The summed E-state index contributed by atoms with van der Waals surface area (Å²) in [4.78, 5) is 42.0. The van der Waals surface area contributed by atoms with Crippen LogP contribution in [0.25, 0.3) is 0 Å². The lowest BCUT2D eigenvalue weighted by Gasteiger charge is -2.38. The largest absolute Gasteiger partial charge is 0.493 e. The standard InChI is InChI=1S/C21H29N3O4/c1-17(25)22-12-14-24(15-13-22)21(27)18-7-10-23(11-8-18)20(26)9-16-28-19-5-3-2-4-6-19/h2-6,18H,7-16H2,1H3. The summed E-state index contributed by atoms with van der Waals surface area (Å²) in [5, 5.41) is 0. The number of piperazine rings is 1. The summed E-state index contributed by atoms with van der Waals surface area (Å²) in [6.07, 6.45) is 1.76. The molecule has 7 nitrogen and oxygen atoms in total. The predicted molar refractivity (Wildman–Crippen MR) is 105 cm³/mol. The first-order chi connectivity index (χ1) is 13.5. The zero-order valence-corrected chi connectivity index (χ0v) is 16.5. The third kappa shape index (κ3) is 5.24. The summed E-state index contributed by atoms with van der Waals surface area (Å²) in [7, 11) is 0. The molecule has 1 aromatic carbocycles. The molecule has 0 bridgehead atoms. The molecule has 0 aromatic heterocycles. The Labute approximate surface area is 166 Å². The van der Waals surface area contributed by atoms with E-state index in [1.165, 1.54) is 0 Å². The maximum absolute atomic E-state index is 12.7. The van der Waals surface area contributed by atoms with Crippen LogP contribution >= 0.6 is 0 Å². The molecule has 0 radical (unpaired) electrons. The summed E-state index contributed by atoms with van der Waals surface area (Å²) >= 11 is 0. The minimum atomic E-state index is -0.0199. The summed E-state index contributed by atoms with van der Waals surface area (Å²) in [6.45, 7) is 5.60. The van der Waals surface area contributed by atoms with Gasteiger partial charge in [0.05, 0.1) is 13.0 Å². The van der Waals surface area contributed by atoms with Gasteiger partial charge in [0, 0.05) is 52.1 Å². The van der Waals surface area contributed by atoms with E-state index in [2.05, 4.69) is 0 Å². The Balaban J connectivity index is 1.37. The lowest BCUT2D eigenvalue weighted by molar-refractivity contribution is -0.144. The summed E-state index contributed by atoms with van der Waals surface area (Å²) in [5.41, 5.74) is 0. The smallest absolute Gasteiger partial charge is 0.225 e. The van der Waals surface area contributed by atoms with Gasteiger partial charge in [-0.1, -0.05) is 18.2 Å². The van der Waals surface area contributed by atoms with E-state index >= 15 is 0 Å². The molecule has 0 saturated carbocycles. The molecule has 2 fully saturated rings. The average molecular weight is 387 g/mol. The fourth-order valence-corrected chi connectivity index (χ4v) is 3.81. The van der Waals surface area contributed by atoms with E-state index in [-0.39, 0.29) is 23.6 Å². The first kappa shape index (κ1) is 20.2. The normalized spacial score (nSPS) is 18.1. The van der Waals surface area contributed by atoms with Crippen molar-refractivity contribution in [2.24, 2.45) is 5.92 Å². The number of benzene rings is 1. The molecule has 0 spiro atoms. The van der Waals surface area contributed by atoms with Gasteiger partial charge in [0.25, 0.3) is 0 Å². The first-order valence-corrected chi connectivity index (χ1v) is 10.0. The molecule has 2 saturated heterocycles. The second-order valence-corrected chi connectivity index (χ2v) is 7.40. The zero-order valence-electron chi connectivity index (χ0n) is 16.5. The molecule has 2 aliphatic rings. The van der Waals surface area contributed by atoms with E-state index in [9.17, 15) is 14.4 Å². The van der Waals surface area contributed by atoms with Gasteiger partial charge in [-0.25, -0.2) is 0 Å². The van der Waals surface area contributed by atoms with Gasteiger partial charge < -0.3 is 19.4 Å². The van der Waals surface area contributed by atoms with Gasteiger partial charge in [-0.15, -0.1) is 0 Å². The lowest BCUT2D eigenvalue weighted by Crippen LogP contribution is -2.52. The van der Waals surface area contributed by atoms with Crippen LogP contribution in [0.4, 0.5) is 0 Å². The zero-order chi connectivity index (χ0) is 19.9. The minimum Gasteiger partial charge on any atom is -0.493 e. The summed E-state index contributed by atoms with van der Waals surface area (Å²) in [6, 6.07) is 9.47. The van der Waals surface area contributed by atoms with E-state index in [1.54, 1.807) is 11.8 Å². The van der Waals surface area contributed by atoms with Crippen molar-refractivity contribution in [2.45, 2.75) is 26.2 Å². The van der Waals surface area contributed by atoms with Crippen molar-refractivity contribution in [3.8, 4) is 5.75 Å². The van der Waals surface area contributed by atoms with Crippen LogP contribution in [-0.4, -0.2) is 78.3 Å². The Morgan fingerprint density at radius 1 is 0.893 bits per heavy atom. The number of likely N-dealkylation sites (tertiary alicyclic amines) is 1. The van der Waals surface area contributed by atoms with Crippen molar-refractivity contribution in [1.82, 2.24) is 14.7 Å². The van der Waals surface area contributed by atoms with Gasteiger partial charge in [-0.05, 0) is 25.0 Å². The monoisotopic (exact) mass is 387 g/mol. The highest BCUT2D eigenvalue weighted by atomic mass is 16.5. The highest BCUT2D eigenvalue weighted by molar-refractivity contribution is 5.81. The van der Waals surface area contributed by atoms with Gasteiger partial charge in [0.1, 0.15) is 5.75 Å². The Morgan fingerprint density at radius 2 is 1.50 bits per heavy atom. The Kier molecular flexibility index (Phi) is 6.90. The van der Waals surface area contributed by atoms with Crippen molar-refractivity contribution in [2.75, 3.05) is 45.9 Å². The average Bonchev–Trinajstić information content (AvgIpc) is 2.74. The quantitative estimate of drug-likeness (QED) is 0.766. The lowest BCUT2D eigenvalue weighted by atomic mass is 9.94. The number of piperidine rings is 1. The number of rotatable bonds is 5. The molecule has 2 aliphatic heterocycles. The molecule has 0 N–H and O–H groups in total. The number of nitrogens with zero attached hydrogens (tertiary/aromatic N) is 3. The topological polar surface area (TPSA) is 70.2 Å². The molecule has 0 atom stereocenters. The van der Waals surface area contributed by atoms with Gasteiger partial charge in [-0.2, -0.15) is 0 Å². The van der Waals surface area contributed by atoms with Crippen LogP contribution in [0, 0.1) is 5.92 Å². The number of carbonyl (C=O) groups is 3. The molecule has 152 valence electrons. The molecule has 1 aromatic rings. The van der Waals surface area contributed by atoms with Crippen molar-refractivity contribution in [3.63, 3.8) is 0 Å². The fourth-order valence-electron chi connectivity index (χ4n) is 3.81. The molecular weight excluding hydrogens is 358 g/mol. The summed E-state index contributed by atoms with van der Waals surface area (Å²) < 4.78 is 5.60. The Hall–Kier alpha value is -2.57. The van der Waals surface area contributed by atoms with Crippen LogP contribution < -0.4 is 4.74 Å². The second kappa shape index (κ2) is 9.57. The maximum Gasteiger partial charge on any atom is 0.225 e. The highest BCUT2D eigenvalue weighted by Gasteiger charge is 2.31. The summed E-state index contributed by atoms with van der Waals surface area (Å²) in [5.74, 6) is 1.06. The van der Waals surface area contributed by atoms with Crippen LogP contribution in [-0.2, 0) is 14.4 Å². The number of para-hydroxylation sites is 1. The number of amides is 3. The predicted octanol–water partition coefficient (Wildman–Crippen LogP) is 1.38. The molecule has 3 amide bonds. The number of hydrogen-bond donors (Lipinski definition) is 0. The van der Waals surface area contributed by atoms with Gasteiger partial charge in [-0.3, -0.25) is 14.4 Å². The third-order valence-corrected chi connectivity index (χ3v) is 5.56. The Bertz CT molecular complexity index is 678. The van der Waals surface area contributed by atoms with Crippen molar-refractivity contribution in [3.05, 3.63) is 30.3 Å². The van der Waals surface area contributed by atoms with Crippen LogP contribution in [0.1, 0.15) is 26.2 Å². The van der Waals surface area contributed by atoms with E-state index in [0.29, 0.717) is 65.1 Å². The van der Waals surface area contributed by atoms with E-state index in [1.807, 2.05) is 40.1 Å². The fraction of sp³-hybridized carbons (Fsp3) is 0.571.